The fraction of sp³-hybridized carbons (Fsp3) is 0.258. The zero-order valence-corrected chi connectivity index (χ0v) is 26.7. The molecule has 4 heterocycles. The Kier molecular flexibility index (Phi) is 8.77. The molecule has 4 aromatic rings. The van der Waals surface area contributed by atoms with E-state index in [0.717, 1.165) is 0 Å². The summed E-state index contributed by atoms with van der Waals surface area (Å²) in [5, 5.41) is 9.49. The third-order valence-electron chi connectivity index (χ3n) is 7.73. The van der Waals surface area contributed by atoms with Crippen LogP contribution in [-0.4, -0.2) is 51.5 Å². The summed E-state index contributed by atoms with van der Waals surface area (Å²) in [5.41, 5.74) is 5.67. The number of halogens is 5. The molecular formula is C31H26Cl3F2N7O2. The second kappa shape index (κ2) is 12.3. The van der Waals surface area contributed by atoms with E-state index in [9.17, 15) is 23.6 Å². The summed E-state index contributed by atoms with van der Waals surface area (Å²) < 4.78 is 30.5. The number of nitrogen functional groups attached to an aromatic ring is 1. The van der Waals surface area contributed by atoms with Gasteiger partial charge in [0.15, 0.2) is 11.6 Å². The SMILES string of the molecule is C=CC(=O)N1CCN(c2c(C#N)c(=O)n(-c3c(C)ccnc3C(C)C)c3nc(-c4c(Cl)c(N)c(F)c(F)c4Cl)c(Cl)cc23)CC1. The summed E-state index contributed by atoms with van der Waals surface area (Å²) in [6.45, 7) is 10.3. The van der Waals surface area contributed by atoms with Crippen molar-refractivity contribution < 1.29 is 13.6 Å². The van der Waals surface area contributed by atoms with E-state index < -0.39 is 32.9 Å². The Hall–Kier alpha value is -4.24. The standard InChI is InChI=1S/C31H26Cl3F2N7O2/c1-5-19(44)41-8-10-42(11-9-41)29-16-12-18(32)27(20-21(33)23(35)24(36)25(38)22(20)34)40-30(16)43(31(45)17(29)13-37)28-15(4)6-7-39-26(28)14(2)3/h5-7,12,14H,1,8-11,38H2,2-4H3. The van der Waals surface area contributed by atoms with Crippen molar-refractivity contribution in [2.75, 3.05) is 36.8 Å². The van der Waals surface area contributed by atoms with Crippen molar-refractivity contribution in [3.63, 3.8) is 0 Å². The largest absolute Gasteiger partial charge is 0.395 e. The Morgan fingerprint density at radius 3 is 2.40 bits per heavy atom. The second-order valence-electron chi connectivity index (χ2n) is 10.7. The van der Waals surface area contributed by atoms with Crippen LogP contribution in [0.3, 0.4) is 0 Å². The monoisotopic (exact) mass is 671 g/mol. The number of nitrogens with zero attached hydrogens (tertiary/aromatic N) is 6. The quantitative estimate of drug-likeness (QED) is 0.113. The number of nitrogens with two attached hydrogens (primary N) is 1. The molecule has 0 bridgehead atoms. The maximum Gasteiger partial charge on any atom is 0.276 e. The molecule has 14 heteroatoms. The third kappa shape index (κ3) is 5.27. The second-order valence-corrected chi connectivity index (χ2v) is 11.9. The molecule has 0 atom stereocenters. The van der Waals surface area contributed by atoms with Gasteiger partial charge in [0, 0.05) is 43.3 Å². The molecule has 1 fully saturated rings. The molecule has 1 aromatic carbocycles. The van der Waals surface area contributed by atoms with Gasteiger partial charge in [-0.05, 0) is 36.6 Å². The number of hydrogen-bond acceptors (Lipinski definition) is 7. The van der Waals surface area contributed by atoms with Crippen molar-refractivity contribution in [1.82, 2.24) is 19.4 Å². The molecule has 1 amide bonds. The highest BCUT2D eigenvalue weighted by atomic mass is 35.5. The van der Waals surface area contributed by atoms with Gasteiger partial charge in [0.1, 0.15) is 17.3 Å². The van der Waals surface area contributed by atoms with E-state index >= 15 is 0 Å². The smallest absolute Gasteiger partial charge is 0.276 e. The fourth-order valence-electron chi connectivity index (χ4n) is 5.50. The molecule has 9 nitrogen and oxygen atoms in total. The first-order valence-corrected chi connectivity index (χ1v) is 14.9. The highest BCUT2D eigenvalue weighted by molar-refractivity contribution is 6.42. The Labute approximate surface area is 272 Å². The molecular weight excluding hydrogens is 647 g/mol. The first kappa shape index (κ1) is 32.2. The minimum atomic E-state index is -1.44. The van der Waals surface area contributed by atoms with Crippen LogP contribution in [0, 0.1) is 29.9 Å². The number of carbonyl (C=O) groups excluding carboxylic acids is 1. The van der Waals surface area contributed by atoms with Gasteiger partial charge < -0.3 is 15.5 Å². The van der Waals surface area contributed by atoms with Gasteiger partial charge in [-0.2, -0.15) is 5.26 Å². The number of pyridine rings is 3. The molecule has 2 N–H and O–H groups in total. The minimum Gasteiger partial charge on any atom is -0.395 e. The molecule has 0 saturated carbocycles. The number of fused-ring (bicyclic) bond motifs is 1. The zero-order valence-electron chi connectivity index (χ0n) is 24.4. The first-order chi connectivity index (χ1) is 21.3. The lowest BCUT2D eigenvalue weighted by molar-refractivity contribution is -0.126. The Balaban J connectivity index is 1.93. The number of benzene rings is 1. The Morgan fingerprint density at radius 2 is 1.80 bits per heavy atom. The van der Waals surface area contributed by atoms with E-state index in [4.69, 9.17) is 45.5 Å². The number of carbonyl (C=O) groups is 1. The summed E-state index contributed by atoms with van der Waals surface area (Å²) in [5.74, 6) is -3.26. The summed E-state index contributed by atoms with van der Waals surface area (Å²) in [7, 11) is 0. The number of aryl methyl sites for hydroxylation is 1. The molecule has 1 aliphatic heterocycles. The van der Waals surface area contributed by atoms with Gasteiger partial charge in [-0.3, -0.25) is 19.1 Å². The van der Waals surface area contributed by atoms with Crippen molar-refractivity contribution >= 4 is 63.1 Å². The molecule has 45 heavy (non-hydrogen) atoms. The van der Waals surface area contributed by atoms with Gasteiger partial charge in [0.05, 0.1) is 43.5 Å². The van der Waals surface area contributed by atoms with Crippen LogP contribution in [0.4, 0.5) is 20.2 Å². The molecule has 5 rings (SSSR count). The van der Waals surface area contributed by atoms with Gasteiger partial charge in [0.25, 0.3) is 5.56 Å². The van der Waals surface area contributed by atoms with E-state index in [0.29, 0.717) is 35.4 Å². The van der Waals surface area contributed by atoms with Crippen molar-refractivity contribution in [3.8, 4) is 23.0 Å². The topological polar surface area (TPSA) is 121 Å². The number of piperazine rings is 1. The van der Waals surface area contributed by atoms with E-state index in [1.165, 1.54) is 16.7 Å². The maximum absolute atomic E-state index is 14.8. The number of hydrogen-bond donors (Lipinski definition) is 1. The van der Waals surface area contributed by atoms with Crippen LogP contribution in [-0.2, 0) is 4.79 Å². The highest BCUT2D eigenvalue weighted by Gasteiger charge is 2.31. The van der Waals surface area contributed by atoms with E-state index in [1.54, 1.807) is 24.1 Å². The van der Waals surface area contributed by atoms with Crippen LogP contribution in [0.1, 0.15) is 36.6 Å². The predicted octanol–water partition coefficient (Wildman–Crippen LogP) is 6.41. The number of rotatable bonds is 5. The normalized spacial score (nSPS) is 13.4. The van der Waals surface area contributed by atoms with Crippen LogP contribution in [0.2, 0.25) is 15.1 Å². The zero-order chi connectivity index (χ0) is 32.9. The van der Waals surface area contributed by atoms with E-state index in [1.807, 2.05) is 18.7 Å². The average molecular weight is 673 g/mol. The third-order valence-corrected chi connectivity index (χ3v) is 8.77. The average Bonchev–Trinajstić information content (AvgIpc) is 3.02. The lowest BCUT2D eigenvalue weighted by Gasteiger charge is -2.36. The summed E-state index contributed by atoms with van der Waals surface area (Å²) in [6.07, 6.45) is 2.84. The molecule has 1 aliphatic rings. The first-order valence-electron chi connectivity index (χ1n) is 13.8. The van der Waals surface area contributed by atoms with E-state index in [-0.39, 0.29) is 58.1 Å². The number of anilines is 2. The molecule has 0 unspecified atom stereocenters. The molecule has 0 aliphatic carbocycles. The van der Waals surface area contributed by atoms with E-state index in [2.05, 4.69) is 17.6 Å². The molecule has 232 valence electrons. The Morgan fingerprint density at radius 1 is 1.13 bits per heavy atom. The summed E-state index contributed by atoms with van der Waals surface area (Å²) >= 11 is 19.4. The number of nitriles is 1. The highest BCUT2D eigenvalue weighted by Crippen LogP contribution is 2.45. The van der Waals surface area contributed by atoms with Gasteiger partial charge in [-0.15, -0.1) is 0 Å². The van der Waals surface area contributed by atoms with Crippen molar-refractivity contribution in [2.45, 2.75) is 26.7 Å². The van der Waals surface area contributed by atoms with Gasteiger partial charge in [-0.1, -0.05) is 55.2 Å². The van der Waals surface area contributed by atoms with Gasteiger partial charge in [-0.25, -0.2) is 13.8 Å². The maximum atomic E-state index is 14.8. The summed E-state index contributed by atoms with van der Waals surface area (Å²) in [4.78, 5) is 39.3. The van der Waals surface area contributed by atoms with Crippen LogP contribution >= 0.6 is 34.8 Å². The number of amides is 1. The van der Waals surface area contributed by atoms with Crippen molar-refractivity contribution in [1.29, 1.82) is 5.26 Å². The van der Waals surface area contributed by atoms with Gasteiger partial charge >= 0.3 is 0 Å². The molecule has 3 aromatic heterocycles. The van der Waals surface area contributed by atoms with Crippen LogP contribution in [0.5, 0.6) is 0 Å². The number of aromatic nitrogens is 3. The van der Waals surface area contributed by atoms with Crippen LogP contribution < -0.4 is 16.2 Å². The lowest BCUT2D eigenvalue weighted by Crippen LogP contribution is -2.49. The Bertz CT molecular complexity index is 1990. The molecule has 0 radical (unpaired) electrons. The fourth-order valence-corrected chi connectivity index (χ4v) is 6.33. The molecule has 1 saturated heterocycles. The lowest BCUT2D eigenvalue weighted by atomic mass is 10.0. The van der Waals surface area contributed by atoms with Crippen molar-refractivity contribution in [2.24, 2.45) is 0 Å². The van der Waals surface area contributed by atoms with Crippen molar-refractivity contribution in [3.05, 3.63) is 84.9 Å². The van der Waals surface area contributed by atoms with Crippen LogP contribution in [0.25, 0.3) is 28.0 Å². The van der Waals surface area contributed by atoms with Gasteiger partial charge in [0.2, 0.25) is 5.91 Å². The predicted molar refractivity (Wildman–Crippen MR) is 172 cm³/mol. The molecule has 0 spiro atoms. The van der Waals surface area contributed by atoms with Crippen LogP contribution in [0.15, 0.2) is 35.8 Å². The minimum absolute atomic E-state index is 0.0337. The summed E-state index contributed by atoms with van der Waals surface area (Å²) in [6, 6.07) is 5.26.